The molecule has 0 amide bonds. The molecule has 0 saturated carbocycles. The van der Waals surface area contributed by atoms with E-state index in [2.05, 4.69) is 163 Å². The topological polar surface area (TPSA) is 152 Å². The minimum atomic E-state index is -1.03. The fraction of sp³-hybridized carbons (Fsp3) is 0.0870. The number of ether oxygens (including phenoxy) is 1. The number of halogens is 4. The smallest absolute Gasteiger partial charge is 0.358 e. The monoisotopic (exact) mass is 1080 g/mol. The standard InChI is InChI=1S/C14H12BrN3O2.C13H10BrN3O2.C11H8BrN.C8H6BrN/c1-20-14(19)12-7-11(16-17-12)8-18-5-4-9-2-3-10(15)6-13(9)18;14-9-2-1-8-3-4-17(12(8)5-9)7-10-6-11(13(18)19)16-15-10;1-2-6-13-7-5-9-3-4-10(12)8-11(9)13;9-7-2-1-6-3-4-10-8(6)5-7/h2-7H,8H2,1H3,(H,16,17);1-6H,7H2,(H,15,16)(H,18,19);1,3-5,7-8H,6H2;1-5,10H. The van der Waals surface area contributed by atoms with Crippen LogP contribution in [0, 0.1) is 12.3 Å². The van der Waals surface area contributed by atoms with Crippen LogP contribution in [0.3, 0.4) is 0 Å². The highest BCUT2D eigenvalue weighted by atomic mass is 79.9. The Balaban J connectivity index is 0.000000128. The van der Waals surface area contributed by atoms with Crippen molar-refractivity contribution in [3.8, 4) is 12.3 Å². The lowest BCUT2D eigenvalue weighted by molar-refractivity contribution is 0.0593. The molecule has 16 heteroatoms. The first kappa shape index (κ1) is 44.0. The van der Waals surface area contributed by atoms with Crippen LogP contribution >= 0.6 is 63.7 Å². The van der Waals surface area contributed by atoms with Gasteiger partial charge in [0, 0.05) is 64.7 Å². The minimum Gasteiger partial charge on any atom is -0.476 e. The molecule has 4 aromatic carbocycles. The maximum atomic E-state index is 11.4. The van der Waals surface area contributed by atoms with Crippen LogP contribution in [0.4, 0.5) is 0 Å². The molecule has 0 bridgehead atoms. The molecule has 12 nitrogen and oxygen atoms in total. The Morgan fingerprint density at radius 3 is 1.56 bits per heavy atom. The average Bonchev–Trinajstić information content (AvgIpc) is 4.14. The first-order valence-corrected chi connectivity index (χ1v) is 21.9. The SMILES string of the molecule is Brc1ccc2cc[nH]c2c1.C#CCn1ccc2ccc(Br)cc21.COC(=O)c1cc(Cn2ccc3ccc(Br)cc32)[nH]n1.O=C(O)c1cc(Cn2ccc3ccc(Br)cc32)[nH]n1. The number of aromatic amines is 3. The van der Waals surface area contributed by atoms with Crippen molar-refractivity contribution >= 4 is 119 Å². The van der Waals surface area contributed by atoms with Gasteiger partial charge in [0.1, 0.15) is 0 Å². The van der Waals surface area contributed by atoms with Crippen molar-refractivity contribution in [1.29, 1.82) is 0 Å². The number of carbonyl (C=O) groups excluding carboxylic acids is 1. The highest BCUT2D eigenvalue weighted by Crippen LogP contribution is 2.24. The molecule has 0 spiro atoms. The molecule has 312 valence electrons. The number of nitrogens with one attached hydrogen (secondary N) is 3. The Hall–Kier alpha value is -6.12. The third kappa shape index (κ3) is 10.8. The Morgan fingerprint density at radius 1 is 0.629 bits per heavy atom. The number of nitrogens with zero attached hydrogens (tertiary/aromatic N) is 5. The van der Waals surface area contributed by atoms with Gasteiger partial charge in [-0.05, 0) is 106 Å². The van der Waals surface area contributed by atoms with Gasteiger partial charge in [0.2, 0.25) is 0 Å². The van der Waals surface area contributed by atoms with Crippen LogP contribution in [0.15, 0.2) is 152 Å². The number of benzene rings is 4. The zero-order chi connectivity index (χ0) is 43.8. The molecule has 6 heterocycles. The van der Waals surface area contributed by atoms with Crippen LogP contribution in [0.5, 0.6) is 0 Å². The molecule has 0 saturated heterocycles. The molecule has 0 atom stereocenters. The second-order valence-corrected chi connectivity index (χ2v) is 17.4. The van der Waals surface area contributed by atoms with Gasteiger partial charge in [-0.15, -0.1) is 6.42 Å². The molecule has 0 unspecified atom stereocenters. The van der Waals surface area contributed by atoms with Crippen LogP contribution in [-0.2, 0) is 24.4 Å². The molecule has 10 rings (SSSR count). The number of carboxylic acid groups (broad SMARTS) is 1. The quantitative estimate of drug-likeness (QED) is 0.0921. The highest BCUT2D eigenvalue weighted by molar-refractivity contribution is 9.11. The summed E-state index contributed by atoms with van der Waals surface area (Å²) in [6.07, 6.45) is 13.2. The number of fused-ring (bicyclic) bond motifs is 4. The second kappa shape index (κ2) is 20.2. The molecule has 0 fully saturated rings. The lowest BCUT2D eigenvalue weighted by Gasteiger charge is -2.03. The van der Waals surface area contributed by atoms with Crippen molar-refractivity contribution < 1.29 is 19.4 Å². The number of carbonyl (C=O) groups is 2. The minimum absolute atomic E-state index is 0.0349. The van der Waals surface area contributed by atoms with Crippen LogP contribution < -0.4 is 0 Å². The highest BCUT2D eigenvalue weighted by Gasteiger charge is 2.12. The number of H-pyrrole nitrogens is 3. The van der Waals surface area contributed by atoms with Gasteiger partial charge in [-0.3, -0.25) is 10.2 Å². The molecule has 0 aliphatic rings. The summed E-state index contributed by atoms with van der Waals surface area (Å²) in [4.78, 5) is 25.3. The van der Waals surface area contributed by atoms with E-state index in [1.165, 1.54) is 34.3 Å². The number of rotatable bonds is 7. The van der Waals surface area contributed by atoms with E-state index in [1.54, 1.807) is 12.1 Å². The van der Waals surface area contributed by atoms with E-state index < -0.39 is 11.9 Å². The fourth-order valence-corrected chi connectivity index (χ4v) is 7.98. The van der Waals surface area contributed by atoms with E-state index in [-0.39, 0.29) is 5.69 Å². The van der Waals surface area contributed by atoms with Gasteiger partial charge in [-0.2, -0.15) is 10.2 Å². The molecule has 6 aromatic heterocycles. The molecule has 62 heavy (non-hydrogen) atoms. The van der Waals surface area contributed by atoms with E-state index in [0.29, 0.717) is 25.3 Å². The number of methoxy groups -OCH3 is 1. The number of aromatic nitrogens is 8. The number of carboxylic acids is 1. The predicted molar refractivity (Wildman–Crippen MR) is 257 cm³/mol. The van der Waals surface area contributed by atoms with Crippen molar-refractivity contribution in [1.82, 2.24) is 39.1 Å². The third-order valence-electron chi connectivity index (χ3n) is 9.54. The van der Waals surface area contributed by atoms with E-state index in [4.69, 9.17) is 11.5 Å². The van der Waals surface area contributed by atoms with Crippen molar-refractivity contribution in [3.05, 3.63) is 175 Å². The summed E-state index contributed by atoms with van der Waals surface area (Å²) in [5.74, 6) is 1.17. The van der Waals surface area contributed by atoms with Gasteiger partial charge in [0.25, 0.3) is 0 Å². The number of hydrogen-bond acceptors (Lipinski definition) is 5. The Labute approximate surface area is 388 Å². The maximum Gasteiger partial charge on any atom is 0.358 e. The lowest BCUT2D eigenvalue weighted by atomic mass is 10.2. The summed E-state index contributed by atoms with van der Waals surface area (Å²) >= 11 is 13.8. The molecular formula is C46H36Br4N8O4. The lowest BCUT2D eigenvalue weighted by Crippen LogP contribution is -2.01. The van der Waals surface area contributed by atoms with Gasteiger partial charge < -0.3 is 28.5 Å². The van der Waals surface area contributed by atoms with E-state index in [1.807, 2.05) is 71.8 Å². The summed E-state index contributed by atoms with van der Waals surface area (Å²) in [6.45, 7) is 1.80. The number of esters is 1. The van der Waals surface area contributed by atoms with Crippen LogP contribution in [0.25, 0.3) is 43.6 Å². The zero-order valence-corrected chi connectivity index (χ0v) is 39.2. The molecule has 0 radical (unpaired) electrons. The van der Waals surface area contributed by atoms with Gasteiger partial charge in [-0.25, -0.2) is 9.59 Å². The summed E-state index contributed by atoms with van der Waals surface area (Å²) in [7, 11) is 1.34. The van der Waals surface area contributed by atoms with Crippen LogP contribution in [0.1, 0.15) is 32.4 Å². The van der Waals surface area contributed by atoms with Gasteiger partial charge in [-0.1, -0.05) is 93.9 Å². The summed E-state index contributed by atoms with van der Waals surface area (Å²) in [5.41, 5.74) is 6.49. The molecule has 0 aliphatic heterocycles. The van der Waals surface area contributed by atoms with Crippen LogP contribution in [-0.4, -0.2) is 63.2 Å². The van der Waals surface area contributed by atoms with Gasteiger partial charge in [0.15, 0.2) is 11.4 Å². The Bertz CT molecular complexity index is 3200. The summed E-state index contributed by atoms with van der Waals surface area (Å²) in [6, 6.07) is 36.0. The Kier molecular flexibility index (Phi) is 14.3. The third-order valence-corrected chi connectivity index (χ3v) is 11.5. The van der Waals surface area contributed by atoms with Crippen molar-refractivity contribution in [2.45, 2.75) is 19.6 Å². The Morgan fingerprint density at radius 2 is 1.08 bits per heavy atom. The molecule has 10 aromatic rings. The second-order valence-electron chi connectivity index (χ2n) is 13.7. The normalized spacial score (nSPS) is 10.7. The molecular weight excluding hydrogens is 1050 g/mol. The largest absolute Gasteiger partial charge is 0.476 e. The number of hydrogen-bond donors (Lipinski definition) is 4. The summed E-state index contributed by atoms with van der Waals surface area (Å²) < 4.78 is 15.1. The fourth-order valence-electron chi connectivity index (χ4n) is 6.57. The first-order valence-electron chi connectivity index (χ1n) is 18.8. The zero-order valence-electron chi connectivity index (χ0n) is 32.8. The summed E-state index contributed by atoms with van der Waals surface area (Å²) in [5, 5.41) is 26.9. The van der Waals surface area contributed by atoms with E-state index in [9.17, 15) is 9.59 Å². The van der Waals surface area contributed by atoms with Crippen molar-refractivity contribution in [2.24, 2.45) is 0 Å². The van der Waals surface area contributed by atoms with Crippen LogP contribution in [0.2, 0.25) is 0 Å². The average molecular weight is 1080 g/mol. The maximum absolute atomic E-state index is 11.4. The van der Waals surface area contributed by atoms with Crippen molar-refractivity contribution in [3.63, 3.8) is 0 Å². The van der Waals surface area contributed by atoms with E-state index >= 15 is 0 Å². The predicted octanol–water partition coefficient (Wildman–Crippen LogP) is 11.8. The molecule has 4 N–H and O–H groups in total. The van der Waals surface area contributed by atoms with Gasteiger partial charge >= 0.3 is 11.9 Å². The van der Waals surface area contributed by atoms with Gasteiger partial charge in [0.05, 0.1) is 38.1 Å². The van der Waals surface area contributed by atoms with E-state index in [0.717, 1.165) is 45.7 Å². The number of terminal acetylenes is 1. The molecule has 0 aliphatic carbocycles. The van der Waals surface area contributed by atoms with Crippen molar-refractivity contribution in [2.75, 3.05) is 7.11 Å². The first-order chi connectivity index (χ1) is 30.0. The number of aromatic carboxylic acids is 1.